The lowest BCUT2D eigenvalue weighted by Gasteiger charge is -2.24. The lowest BCUT2D eigenvalue weighted by Crippen LogP contribution is -2.22. The first-order valence-electron chi connectivity index (χ1n) is 13.3. The number of aliphatic hydroxyl groups is 1. The maximum Gasteiger partial charge on any atom is 0.122 e. The van der Waals surface area contributed by atoms with Crippen LogP contribution >= 0.6 is 0 Å². The zero-order valence-electron chi connectivity index (χ0n) is 22.2. The third kappa shape index (κ3) is 6.09. The van der Waals surface area contributed by atoms with Crippen LogP contribution in [0.4, 0.5) is 0 Å². The fourth-order valence-corrected chi connectivity index (χ4v) is 5.51. The Hall–Kier alpha value is -3.60. The number of methoxy groups -OCH3 is 2. The van der Waals surface area contributed by atoms with Gasteiger partial charge in [0, 0.05) is 18.8 Å². The second-order valence-electron chi connectivity index (χ2n) is 10.2. The maximum atomic E-state index is 11.4. The molecule has 196 valence electrons. The molecule has 1 aliphatic heterocycles. The van der Waals surface area contributed by atoms with Crippen LogP contribution in [0.25, 0.3) is 0 Å². The Morgan fingerprint density at radius 3 is 1.89 bits per heavy atom. The minimum Gasteiger partial charge on any atom is -0.496 e. The van der Waals surface area contributed by atoms with Gasteiger partial charge in [0.05, 0.1) is 33.5 Å². The van der Waals surface area contributed by atoms with E-state index in [0.29, 0.717) is 13.2 Å². The van der Waals surface area contributed by atoms with Gasteiger partial charge in [-0.25, -0.2) is 0 Å². The quantitative estimate of drug-likeness (QED) is 0.268. The summed E-state index contributed by atoms with van der Waals surface area (Å²) in [6.45, 7) is 1.18. The molecule has 0 amide bonds. The van der Waals surface area contributed by atoms with Crippen LogP contribution in [-0.4, -0.2) is 32.5 Å². The van der Waals surface area contributed by atoms with Gasteiger partial charge in [0.1, 0.15) is 11.5 Å². The van der Waals surface area contributed by atoms with Crippen molar-refractivity contribution in [3.8, 4) is 11.5 Å². The lowest BCUT2D eigenvalue weighted by molar-refractivity contribution is 0.0809. The number of benzene rings is 4. The largest absolute Gasteiger partial charge is 0.496 e. The number of rotatable bonds is 10. The molecule has 1 heterocycles. The minimum atomic E-state index is -0.624. The van der Waals surface area contributed by atoms with Crippen LogP contribution in [0, 0.1) is 11.8 Å². The van der Waals surface area contributed by atoms with Gasteiger partial charge in [0.2, 0.25) is 0 Å². The van der Waals surface area contributed by atoms with Crippen molar-refractivity contribution in [2.75, 3.05) is 27.4 Å². The Bertz CT molecular complexity index is 1320. The van der Waals surface area contributed by atoms with Crippen LogP contribution in [0.15, 0.2) is 97.1 Å². The molecule has 0 aliphatic carbocycles. The molecular formula is C34H36O4. The van der Waals surface area contributed by atoms with Gasteiger partial charge < -0.3 is 19.3 Å². The van der Waals surface area contributed by atoms with E-state index in [2.05, 4.69) is 60.7 Å². The highest BCUT2D eigenvalue weighted by molar-refractivity contribution is 5.43. The summed E-state index contributed by atoms with van der Waals surface area (Å²) in [7, 11) is 3.42. The molecule has 1 saturated heterocycles. The molecule has 0 bridgehead atoms. The molecule has 4 aromatic carbocycles. The normalized spacial score (nSPS) is 17.8. The SMILES string of the molecule is COc1cc(C[C@H]2COC[C@@H]2[C@@H](O)c2ccc(Cc3ccccc3)c(OC)c2)ccc1Cc1ccccc1. The maximum absolute atomic E-state index is 11.4. The van der Waals surface area contributed by atoms with Crippen molar-refractivity contribution in [3.63, 3.8) is 0 Å². The molecule has 3 atom stereocenters. The van der Waals surface area contributed by atoms with Crippen LogP contribution in [0.1, 0.15) is 39.5 Å². The van der Waals surface area contributed by atoms with Gasteiger partial charge in [0.25, 0.3) is 0 Å². The number of hydrogen-bond acceptors (Lipinski definition) is 4. The first-order valence-corrected chi connectivity index (χ1v) is 13.3. The molecule has 0 radical (unpaired) electrons. The van der Waals surface area contributed by atoms with Gasteiger partial charge in [-0.05, 0) is 57.9 Å². The molecule has 1 N–H and O–H groups in total. The van der Waals surface area contributed by atoms with E-state index in [4.69, 9.17) is 14.2 Å². The van der Waals surface area contributed by atoms with E-state index in [1.807, 2.05) is 36.4 Å². The summed E-state index contributed by atoms with van der Waals surface area (Å²) < 4.78 is 17.3. The predicted molar refractivity (Wildman–Crippen MR) is 151 cm³/mol. The van der Waals surface area contributed by atoms with Gasteiger partial charge in [-0.1, -0.05) is 84.9 Å². The lowest BCUT2D eigenvalue weighted by atomic mass is 9.83. The van der Waals surface area contributed by atoms with E-state index in [0.717, 1.165) is 41.9 Å². The zero-order chi connectivity index (χ0) is 26.3. The van der Waals surface area contributed by atoms with E-state index in [1.54, 1.807) is 14.2 Å². The van der Waals surface area contributed by atoms with E-state index in [9.17, 15) is 5.11 Å². The molecule has 5 rings (SSSR count). The molecular weight excluding hydrogens is 472 g/mol. The third-order valence-corrected chi connectivity index (χ3v) is 7.63. The Balaban J connectivity index is 1.29. The number of ether oxygens (including phenoxy) is 3. The van der Waals surface area contributed by atoms with Gasteiger partial charge in [-0.2, -0.15) is 0 Å². The summed E-state index contributed by atoms with van der Waals surface area (Å²) in [4.78, 5) is 0. The van der Waals surface area contributed by atoms with Gasteiger partial charge >= 0.3 is 0 Å². The van der Waals surface area contributed by atoms with Crippen LogP contribution in [-0.2, 0) is 24.0 Å². The monoisotopic (exact) mass is 508 g/mol. The van der Waals surface area contributed by atoms with Crippen molar-refractivity contribution in [2.24, 2.45) is 11.8 Å². The van der Waals surface area contributed by atoms with Crippen molar-refractivity contribution < 1.29 is 19.3 Å². The summed E-state index contributed by atoms with van der Waals surface area (Å²) in [5.74, 6) is 1.93. The second-order valence-corrected chi connectivity index (χ2v) is 10.2. The highest BCUT2D eigenvalue weighted by Crippen LogP contribution is 2.37. The van der Waals surface area contributed by atoms with Crippen molar-refractivity contribution in [2.45, 2.75) is 25.4 Å². The highest BCUT2D eigenvalue weighted by atomic mass is 16.5. The fraction of sp³-hybridized carbons (Fsp3) is 0.294. The molecule has 0 unspecified atom stereocenters. The molecule has 0 spiro atoms. The van der Waals surface area contributed by atoms with Crippen LogP contribution in [0.2, 0.25) is 0 Å². The Labute approximate surface area is 225 Å². The van der Waals surface area contributed by atoms with Crippen molar-refractivity contribution in [1.82, 2.24) is 0 Å². The molecule has 38 heavy (non-hydrogen) atoms. The first-order chi connectivity index (χ1) is 18.6. The van der Waals surface area contributed by atoms with Crippen LogP contribution in [0.3, 0.4) is 0 Å². The molecule has 0 aromatic heterocycles. The van der Waals surface area contributed by atoms with Crippen LogP contribution in [0.5, 0.6) is 11.5 Å². The minimum absolute atomic E-state index is 0.00895. The Kier molecular flexibility index (Phi) is 8.42. The predicted octanol–water partition coefficient (Wildman–Crippen LogP) is 6.42. The number of hydrogen-bond donors (Lipinski definition) is 1. The average Bonchev–Trinajstić information content (AvgIpc) is 3.42. The molecule has 1 aliphatic rings. The van der Waals surface area contributed by atoms with Gasteiger partial charge in [-0.3, -0.25) is 0 Å². The smallest absolute Gasteiger partial charge is 0.122 e. The molecule has 1 fully saturated rings. The van der Waals surface area contributed by atoms with Gasteiger partial charge in [0.15, 0.2) is 0 Å². The first kappa shape index (κ1) is 26.0. The highest BCUT2D eigenvalue weighted by Gasteiger charge is 2.35. The third-order valence-electron chi connectivity index (χ3n) is 7.63. The van der Waals surface area contributed by atoms with Crippen molar-refractivity contribution >= 4 is 0 Å². The van der Waals surface area contributed by atoms with E-state index >= 15 is 0 Å². The Morgan fingerprint density at radius 2 is 1.29 bits per heavy atom. The average molecular weight is 509 g/mol. The van der Waals surface area contributed by atoms with Gasteiger partial charge in [-0.15, -0.1) is 0 Å². The van der Waals surface area contributed by atoms with Crippen molar-refractivity contribution in [1.29, 1.82) is 0 Å². The summed E-state index contributed by atoms with van der Waals surface area (Å²) in [6.07, 6.45) is 1.83. The van der Waals surface area contributed by atoms with E-state index < -0.39 is 6.10 Å². The summed E-state index contributed by atoms with van der Waals surface area (Å²) in [6, 6.07) is 33.4. The topological polar surface area (TPSA) is 47.9 Å². The van der Waals surface area contributed by atoms with Crippen molar-refractivity contribution in [3.05, 3.63) is 130 Å². The van der Waals surface area contributed by atoms with Crippen LogP contribution < -0.4 is 9.47 Å². The molecule has 4 heteroatoms. The summed E-state index contributed by atoms with van der Waals surface area (Å²) in [5.41, 5.74) is 6.84. The van der Waals surface area contributed by atoms with E-state index in [-0.39, 0.29) is 11.8 Å². The fourth-order valence-electron chi connectivity index (χ4n) is 5.51. The summed E-state index contributed by atoms with van der Waals surface area (Å²) >= 11 is 0. The second kappa shape index (κ2) is 12.3. The zero-order valence-corrected chi connectivity index (χ0v) is 22.2. The molecule has 4 aromatic rings. The molecule has 0 saturated carbocycles. The Morgan fingerprint density at radius 1 is 0.711 bits per heavy atom. The summed E-state index contributed by atoms with van der Waals surface area (Å²) in [5, 5.41) is 11.4. The standard InChI is InChI=1S/C34H36O4/c1-36-32-20-26(13-14-27(32)17-24-9-5-3-6-10-24)19-30-22-38-23-31(30)34(35)29-16-15-28(33(21-29)37-2)18-25-11-7-4-8-12-25/h3-16,20-21,30-31,34-35H,17-19,22-23H2,1-2H3/t30-,31-,34-/m0/s1. The molecule has 4 nitrogen and oxygen atoms in total. The van der Waals surface area contributed by atoms with E-state index in [1.165, 1.54) is 22.3 Å². The number of aliphatic hydroxyl groups excluding tert-OH is 1.